The molecule has 3 aromatic rings. The van der Waals surface area contributed by atoms with Gasteiger partial charge < -0.3 is 14.2 Å². The Morgan fingerprint density at radius 1 is 0.680 bits per heavy atom. The first kappa shape index (κ1) is 13.2. The van der Waals surface area contributed by atoms with Crippen molar-refractivity contribution in [3.8, 4) is 34.5 Å². The van der Waals surface area contributed by atoms with Crippen LogP contribution in [0.15, 0.2) is 48.5 Å². The van der Waals surface area contributed by atoms with Gasteiger partial charge in [-0.15, -0.1) is 0 Å². The van der Waals surface area contributed by atoms with Gasteiger partial charge in [0, 0.05) is 0 Å². The third-order valence-corrected chi connectivity index (χ3v) is 4.89. The molecule has 0 N–H and O–H groups in total. The average Bonchev–Trinajstić information content (AvgIpc) is 2.62. The van der Waals surface area contributed by atoms with E-state index in [1.54, 1.807) is 0 Å². The van der Waals surface area contributed by atoms with Gasteiger partial charge in [-0.1, -0.05) is 25.5 Å². The van der Waals surface area contributed by atoms with E-state index < -0.39 is 0 Å². The molecule has 0 amide bonds. The van der Waals surface area contributed by atoms with Crippen LogP contribution in [0.1, 0.15) is 18.9 Å². The normalized spacial score (nSPS) is 14.2. The van der Waals surface area contributed by atoms with Gasteiger partial charge in [0.15, 0.2) is 34.5 Å². The Morgan fingerprint density at radius 2 is 1.12 bits per heavy atom. The molecule has 0 unspecified atom stereocenters. The second-order valence-electron chi connectivity index (χ2n) is 6.54. The minimum absolute atomic E-state index is 0.804. The van der Waals surface area contributed by atoms with E-state index in [9.17, 15) is 0 Å². The first-order valence-electron chi connectivity index (χ1n) is 8.60. The zero-order valence-electron chi connectivity index (χ0n) is 13.7. The van der Waals surface area contributed by atoms with Crippen LogP contribution >= 0.6 is 0 Å². The molecule has 3 aliphatic heterocycles. The van der Waals surface area contributed by atoms with Gasteiger partial charge in [-0.25, -0.2) is 0 Å². The minimum atomic E-state index is 0.804. The van der Waals surface area contributed by atoms with Gasteiger partial charge in [-0.05, 0) is 48.4 Å². The summed E-state index contributed by atoms with van der Waals surface area (Å²) in [7, 11) is 0. The summed E-state index contributed by atoms with van der Waals surface area (Å²) in [4.78, 5) is 2.23. The molecule has 0 spiro atoms. The number of nitrogens with zero attached hydrogens (tertiary/aromatic N) is 1. The molecule has 25 heavy (non-hydrogen) atoms. The van der Waals surface area contributed by atoms with E-state index in [0.29, 0.717) is 0 Å². The van der Waals surface area contributed by atoms with Gasteiger partial charge in [0.05, 0.1) is 0 Å². The summed E-state index contributed by atoms with van der Waals surface area (Å²) < 4.78 is 18.6. The highest BCUT2D eigenvalue weighted by Crippen LogP contribution is 2.66. The molecular formula is C21H15NO3. The summed E-state index contributed by atoms with van der Waals surface area (Å²) >= 11 is 0. The van der Waals surface area contributed by atoms with Crippen molar-refractivity contribution < 1.29 is 14.2 Å². The maximum Gasteiger partial charge on any atom is 0.155 e. The molecule has 0 fully saturated rings. The first-order valence-corrected chi connectivity index (χ1v) is 8.60. The predicted octanol–water partition coefficient (Wildman–Crippen LogP) is 6.43. The molecule has 0 saturated heterocycles. The number of hydrogen-bond acceptors (Lipinski definition) is 4. The van der Waals surface area contributed by atoms with E-state index in [0.717, 1.165) is 64.4 Å². The van der Waals surface area contributed by atoms with Crippen LogP contribution in [0.3, 0.4) is 0 Å². The lowest BCUT2D eigenvalue weighted by molar-refractivity contribution is 0.417. The van der Waals surface area contributed by atoms with Crippen molar-refractivity contribution in [1.29, 1.82) is 0 Å². The van der Waals surface area contributed by atoms with Crippen LogP contribution in [0.5, 0.6) is 34.5 Å². The summed E-state index contributed by atoms with van der Waals surface area (Å²) in [5.74, 6) is 4.91. The van der Waals surface area contributed by atoms with Gasteiger partial charge >= 0.3 is 0 Å². The van der Waals surface area contributed by atoms with Crippen molar-refractivity contribution >= 4 is 17.1 Å². The van der Waals surface area contributed by atoms with Crippen LogP contribution < -0.4 is 19.1 Å². The zero-order chi connectivity index (χ0) is 16.5. The Balaban J connectivity index is 1.70. The lowest BCUT2D eigenvalue weighted by Crippen LogP contribution is -2.24. The molecule has 4 heteroatoms. The van der Waals surface area contributed by atoms with Crippen LogP contribution in [-0.2, 0) is 6.42 Å². The molecule has 0 radical (unpaired) electrons. The lowest BCUT2D eigenvalue weighted by Gasteiger charge is -2.41. The molecule has 0 saturated carbocycles. The van der Waals surface area contributed by atoms with Crippen molar-refractivity contribution in [1.82, 2.24) is 0 Å². The van der Waals surface area contributed by atoms with Crippen molar-refractivity contribution in [2.45, 2.75) is 19.8 Å². The fraction of sp³-hybridized carbons (Fsp3) is 0.143. The summed E-state index contributed by atoms with van der Waals surface area (Å²) in [6, 6.07) is 16.1. The summed E-state index contributed by atoms with van der Waals surface area (Å²) in [6.45, 7) is 2.18. The van der Waals surface area contributed by atoms with Gasteiger partial charge in [-0.3, -0.25) is 4.90 Å². The van der Waals surface area contributed by atoms with E-state index in [-0.39, 0.29) is 0 Å². The van der Waals surface area contributed by atoms with E-state index in [1.807, 2.05) is 36.4 Å². The monoisotopic (exact) mass is 329 g/mol. The summed E-state index contributed by atoms with van der Waals surface area (Å²) in [5, 5.41) is 0. The Morgan fingerprint density at radius 3 is 1.60 bits per heavy atom. The molecule has 122 valence electrons. The topological polar surface area (TPSA) is 30.9 Å². The number of rotatable bonds is 2. The Bertz CT molecular complexity index is 980. The van der Waals surface area contributed by atoms with Crippen molar-refractivity contribution in [2.75, 3.05) is 4.90 Å². The molecule has 6 rings (SSSR count). The number of aryl methyl sites for hydroxylation is 1. The standard InChI is InChI=1S/C21H15NO3/c1-2-5-12-10-17-21-18(11-12)25-16-9-4-7-14-20(16)22(21)19-13(23-14)6-3-8-15(19)24-17/h3-4,6-11H,2,5H2,1H3. The highest BCUT2D eigenvalue weighted by Gasteiger charge is 2.41. The van der Waals surface area contributed by atoms with Gasteiger partial charge in [0.2, 0.25) is 0 Å². The molecular weight excluding hydrogens is 314 g/mol. The van der Waals surface area contributed by atoms with Crippen LogP contribution in [0.2, 0.25) is 0 Å². The fourth-order valence-electron chi connectivity index (χ4n) is 3.91. The zero-order valence-corrected chi connectivity index (χ0v) is 13.7. The van der Waals surface area contributed by atoms with E-state index in [4.69, 9.17) is 14.2 Å². The predicted molar refractivity (Wildman–Crippen MR) is 95.3 cm³/mol. The van der Waals surface area contributed by atoms with Crippen molar-refractivity contribution in [2.24, 2.45) is 0 Å². The third-order valence-electron chi connectivity index (χ3n) is 4.89. The van der Waals surface area contributed by atoms with Crippen LogP contribution in [0.4, 0.5) is 17.1 Å². The maximum atomic E-state index is 6.23. The van der Waals surface area contributed by atoms with Crippen molar-refractivity contribution in [3.05, 3.63) is 54.1 Å². The number of para-hydroxylation sites is 2. The highest BCUT2D eigenvalue weighted by atomic mass is 16.5. The van der Waals surface area contributed by atoms with E-state index in [2.05, 4.69) is 24.0 Å². The number of benzene rings is 3. The fourth-order valence-corrected chi connectivity index (χ4v) is 3.91. The molecule has 0 aromatic heterocycles. The van der Waals surface area contributed by atoms with Gasteiger partial charge in [0.25, 0.3) is 0 Å². The van der Waals surface area contributed by atoms with E-state index in [1.165, 1.54) is 5.56 Å². The number of anilines is 3. The van der Waals surface area contributed by atoms with Gasteiger partial charge in [-0.2, -0.15) is 0 Å². The van der Waals surface area contributed by atoms with E-state index >= 15 is 0 Å². The lowest BCUT2D eigenvalue weighted by atomic mass is 10.0. The Labute approximate surface area is 145 Å². The molecule has 0 bridgehead atoms. The third kappa shape index (κ3) is 1.61. The quantitative estimate of drug-likeness (QED) is 0.366. The largest absolute Gasteiger partial charge is 0.453 e. The molecule has 4 nitrogen and oxygen atoms in total. The Hall–Kier alpha value is -3.14. The average molecular weight is 329 g/mol. The van der Waals surface area contributed by atoms with Gasteiger partial charge in [0.1, 0.15) is 17.1 Å². The van der Waals surface area contributed by atoms with Crippen LogP contribution in [0.25, 0.3) is 0 Å². The second kappa shape index (κ2) is 4.48. The molecule has 3 heterocycles. The highest BCUT2D eigenvalue weighted by molar-refractivity contribution is 5.99. The molecule has 3 aromatic carbocycles. The smallest absolute Gasteiger partial charge is 0.155 e. The minimum Gasteiger partial charge on any atom is -0.453 e. The van der Waals surface area contributed by atoms with Crippen LogP contribution in [-0.4, -0.2) is 0 Å². The Kier molecular flexibility index (Phi) is 2.36. The number of ether oxygens (including phenoxy) is 3. The van der Waals surface area contributed by atoms with Crippen LogP contribution in [0, 0.1) is 0 Å². The summed E-state index contributed by atoms with van der Waals surface area (Å²) in [5.41, 5.74) is 4.08. The summed E-state index contributed by atoms with van der Waals surface area (Å²) in [6.07, 6.45) is 2.08. The van der Waals surface area contributed by atoms with Crippen molar-refractivity contribution in [3.63, 3.8) is 0 Å². The first-order chi connectivity index (χ1) is 12.3. The molecule has 3 aliphatic rings. The molecule has 0 atom stereocenters. The SMILES string of the molecule is CCCc1cc2c3c(c1)Oc1cccc4c1N3c1c(cccc1O2)O4. The molecule has 0 aliphatic carbocycles. The maximum absolute atomic E-state index is 6.23. The second-order valence-corrected chi connectivity index (χ2v) is 6.54. The number of hydrogen-bond donors (Lipinski definition) is 0.